The van der Waals surface area contributed by atoms with Crippen molar-refractivity contribution in [2.45, 2.75) is 0 Å². The summed E-state index contributed by atoms with van der Waals surface area (Å²) < 4.78 is 14.3. The van der Waals surface area contributed by atoms with Gasteiger partial charge in [0.2, 0.25) is 0 Å². The van der Waals surface area contributed by atoms with E-state index in [-0.39, 0.29) is 21.7 Å². The standard InChI is InChI=1S/C22H11Cl3FNO2S/c23-15-8-5-11(9-16(15)24)18-10-30-21(27-18)14-7-6-13(19(20(14)25)22(28)29)12-3-1-2-4-17(12)26/h1-10H,(H,28,29). The van der Waals surface area contributed by atoms with E-state index in [9.17, 15) is 14.3 Å². The summed E-state index contributed by atoms with van der Waals surface area (Å²) in [6.07, 6.45) is 0. The highest BCUT2D eigenvalue weighted by atomic mass is 35.5. The van der Waals surface area contributed by atoms with E-state index in [0.717, 1.165) is 5.56 Å². The van der Waals surface area contributed by atoms with Crippen molar-refractivity contribution in [3.05, 3.63) is 86.4 Å². The zero-order chi connectivity index (χ0) is 21.4. The number of nitrogens with zero attached hydrogens (tertiary/aromatic N) is 1. The average Bonchev–Trinajstić information content (AvgIpc) is 3.20. The second-order valence-corrected chi connectivity index (χ2v) is 8.35. The fourth-order valence-corrected chi connectivity index (χ4v) is 4.59. The molecule has 1 aromatic heterocycles. The van der Waals surface area contributed by atoms with Crippen LogP contribution in [-0.2, 0) is 0 Å². The highest BCUT2D eigenvalue weighted by molar-refractivity contribution is 7.13. The Hall–Kier alpha value is -2.44. The van der Waals surface area contributed by atoms with Gasteiger partial charge in [-0.2, -0.15) is 0 Å². The lowest BCUT2D eigenvalue weighted by molar-refractivity contribution is 0.0698. The monoisotopic (exact) mass is 477 g/mol. The molecule has 0 spiro atoms. The lowest BCUT2D eigenvalue weighted by atomic mass is 9.97. The molecule has 0 radical (unpaired) electrons. The summed E-state index contributed by atoms with van der Waals surface area (Å²) in [4.78, 5) is 16.5. The average molecular weight is 479 g/mol. The number of hydrogen-bond donors (Lipinski definition) is 1. The third kappa shape index (κ3) is 3.82. The van der Waals surface area contributed by atoms with Gasteiger partial charge in [-0.05, 0) is 24.3 Å². The molecule has 1 N–H and O–H groups in total. The van der Waals surface area contributed by atoms with Gasteiger partial charge >= 0.3 is 5.97 Å². The quantitative estimate of drug-likeness (QED) is 0.324. The highest BCUT2D eigenvalue weighted by Gasteiger charge is 2.22. The van der Waals surface area contributed by atoms with Crippen LogP contribution in [0.2, 0.25) is 15.1 Å². The third-order valence-corrected chi connectivity index (χ3v) is 6.48. The second-order valence-electron chi connectivity index (χ2n) is 6.30. The first-order valence-corrected chi connectivity index (χ1v) is 10.6. The fourth-order valence-electron chi connectivity index (χ4n) is 3.04. The van der Waals surface area contributed by atoms with Crippen molar-refractivity contribution in [2.24, 2.45) is 0 Å². The molecule has 0 amide bonds. The summed E-state index contributed by atoms with van der Waals surface area (Å²) in [5, 5.41) is 12.9. The van der Waals surface area contributed by atoms with Crippen LogP contribution in [0.1, 0.15) is 10.4 Å². The molecule has 0 atom stereocenters. The SMILES string of the molecule is O=C(O)c1c(-c2ccccc2F)ccc(-c2nc(-c3ccc(Cl)c(Cl)c3)cs2)c1Cl. The van der Waals surface area contributed by atoms with Crippen molar-refractivity contribution >= 4 is 52.1 Å². The van der Waals surface area contributed by atoms with Gasteiger partial charge in [0.1, 0.15) is 10.8 Å². The number of hydrogen-bond acceptors (Lipinski definition) is 3. The Morgan fingerprint density at radius 1 is 0.933 bits per heavy atom. The van der Waals surface area contributed by atoms with E-state index in [1.807, 2.05) is 5.38 Å². The van der Waals surface area contributed by atoms with Crippen molar-refractivity contribution in [3.8, 4) is 33.0 Å². The Labute approximate surface area is 190 Å². The Kier molecular flexibility index (Phi) is 5.80. The van der Waals surface area contributed by atoms with Crippen LogP contribution in [0.5, 0.6) is 0 Å². The van der Waals surface area contributed by atoms with Crippen LogP contribution in [0.4, 0.5) is 4.39 Å². The Morgan fingerprint density at radius 3 is 2.37 bits per heavy atom. The van der Waals surface area contributed by atoms with E-state index < -0.39 is 11.8 Å². The van der Waals surface area contributed by atoms with Gasteiger partial charge in [0.25, 0.3) is 0 Å². The Morgan fingerprint density at radius 2 is 1.67 bits per heavy atom. The van der Waals surface area contributed by atoms with Crippen LogP contribution in [0, 0.1) is 5.82 Å². The maximum atomic E-state index is 14.3. The van der Waals surface area contributed by atoms with E-state index in [4.69, 9.17) is 34.8 Å². The molecule has 1 heterocycles. The molecule has 0 aliphatic heterocycles. The number of carbonyl (C=O) groups is 1. The molecule has 4 aromatic rings. The van der Waals surface area contributed by atoms with Crippen molar-refractivity contribution < 1.29 is 14.3 Å². The van der Waals surface area contributed by atoms with Crippen molar-refractivity contribution in [1.82, 2.24) is 4.98 Å². The topological polar surface area (TPSA) is 50.2 Å². The predicted molar refractivity (Wildman–Crippen MR) is 120 cm³/mol. The molecule has 0 saturated carbocycles. The molecule has 0 aliphatic carbocycles. The number of rotatable bonds is 4. The molecule has 30 heavy (non-hydrogen) atoms. The first-order valence-electron chi connectivity index (χ1n) is 8.59. The number of aromatic nitrogens is 1. The molecule has 8 heteroatoms. The molecule has 0 unspecified atom stereocenters. The van der Waals surface area contributed by atoms with Gasteiger partial charge in [-0.25, -0.2) is 14.2 Å². The summed E-state index contributed by atoms with van der Waals surface area (Å²) in [6, 6.07) is 14.3. The number of aromatic carboxylic acids is 1. The number of benzene rings is 3. The number of carboxylic acid groups (broad SMARTS) is 1. The first-order chi connectivity index (χ1) is 14.4. The van der Waals surface area contributed by atoms with E-state index in [2.05, 4.69) is 4.98 Å². The molecule has 0 saturated heterocycles. The lowest BCUT2D eigenvalue weighted by Gasteiger charge is -2.12. The fraction of sp³-hybridized carbons (Fsp3) is 0. The Balaban J connectivity index is 1.82. The van der Waals surface area contributed by atoms with Gasteiger partial charge in [0, 0.05) is 27.6 Å². The molecule has 0 aliphatic rings. The van der Waals surface area contributed by atoms with Gasteiger partial charge in [-0.15, -0.1) is 11.3 Å². The molecule has 0 fully saturated rings. The zero-order valence-corrected chi connectivity index (χ0v) is 18.1. The lowest BCUT2D eigenvalue weighted by Crippen LogP contribution is -2.03. The zero-order valence-electron chi connectivity index (χ0n) is 15.0. The summed E-state index contributed by atoms with van der Waals surface area (Å²) >= 11 is 19.8. The van der Waals surface area contributed by atoms with Gasteiger partial charge in [-0.1, -0.05) is 65.1 Å². The predicted octanol–water partition coefficient (Wildman–Crippen LogP) is 7.94. The molecule has 0 bridgehead atoms. The minimum atomic E-state index is -1.25. The van der Waals surface area contributed by atoms with Crippen molar-refractivity contribution in [2.75, 3.05) is 0 Å². The molecular weight excluding hydrogens is 468 g/mol. The number of thiazole rings is 1. The van der Waals surface area contributed by atoms with Crippen LogP contribution in [0.25, 0.3) is 33.0 Å². The van der Waals surface area contributed by atoms with Gasteiger partial charge in [0.05, 0.1) is 26.3 Å². The maximum Gasteiger partial charge on any atom is 0.337 e. The molecule has 4 rings (SSSR count). The number of halogens is 4. The van der Waals surface area contributed by atoms with Crippen LogP contribution in [0.3, 0.4) is 0 Å². The smallest absolute Gasteiger partial charge is 0.337 e. The molecular formula is C22H11Cl3FNO2S. The van der Waals surface area contributed by atoms with Crippen LogP contribution in [-0.4, -0.2) is 16.1 Å². The molecule has 3 nitrogen and oxygen atoms in total. The van der Waals surface area contributed by atoms with Crippen LogP contribution in [0.15, 0.2) is 60.0 Å². The van der Waals surface area contributed by atoms with Gasteiger partial charge < -0.3 is 5.11 Å². The minimum absolute atomic E-state index is 0.00158. The maximum absolute atomic E-state index is 14.3. The third-order valence-electron chi connectivity index (χ3n) is 4.47. The normalized spacial score (nSPS) is 10.9. The summed E-state index contributed by atoms with van der Waals surface area (Å²) in [5.41, 5.74) is 2.06. The molecule has 150 valence electrons. The van der Waals surface area contributed by atoms with Crippen LogP contribution >= 0.6 is 46.1 Å². The van der Waals surface area contributed by atoms with Gasteiger partial charge in [-0.3, -0.25) is 0 Å². The summed E-state index contributed by atoms with van der Waals surface area (Å²) in [7, 11) is 0. The van der Waals surface area contributed by atoms with E-state index in [0.29, 0.717) is 26.3 Å². The largest absolute Gasteiger partial charge is 0.478 e. The minimum Gasteiger partial charge on any atom is -0.478 e. The van der Waals surface area contributed by atoms with E-state index in [1.54, 1.807) is 36.4 Å². The summed E-state index contributed by atoms with van der Waals surface area (Å²) in [6.45, 7) is 0. The summed E-state index contributed by atoms with van der Waals surface area (Å²) in [5.74, 6) is -1.78. The van der Waals surface area contributed by atoms with E-state index in [1.165, 1.54) is 29.5 Å². The van der Waals surface area contributed by atoms with Crippen LogP contribution < -0.4 is 0 Å². The van der Waals surface area contributed by atoms with Crippen molar-refractivity contribution in [3.63, 3.8) is 0 Å². The highest BCUT2D eigenvalue weighted by Crippen LogP contribution is 2.40. The van der Waals surface area contributed by atoms with Crippen molar-refractivity contribution in [1.29, 1.82) is 0 Å². The molecule has 3 aromatic carbocycles. The first kappa shape index (κ1) is 20.8. The second kappa shape index (κ2) is 8.36. The van der Waals surface area contributed by atoms with E-state index >= 15 is 0 Å². The van der Waals surface area contributed by atoms with Gasteiger partial charge in [0.15, 0.2) is 0 Å². The Bertz CT molecular complexity index is 1290. The number of carboxylic acids is 1.